The molecule has 166 valence electrons. The smallest absolute Gasteiger partial charge is 0.270 e. The van der Waals surface area contributed by atoms with Gasteiger partial charge in [0.1, 0.15) is 22.9 Å². The minimum atomic E-state index is -4.07. The van der Waals surface area contributed by atoms with Crippen LogP contribution in [0.1, 0.15) is 29.8 Å². The van der Waals surface area contributed by atoms with Crippen molar-refractivity contribution in [1.82, 2.24) is 19.9 Å². The van der Waals surface area contributed by atoms with Gasteiger partial charge in [-0.1, -0.05) is 6.08 Å². The summed E-state index contributed by atoms with van der Waals surface area (Å²) < 4.78 is 60.2. The minimum Gasteiger partial charge on any atom is -0.358 e. The van der Waals surface area contributed by atoms with E-state index in [1.807, 2.05) is 0 Å². The van der Waals surface area contributed by atoms with Crippen LogP contribution in [0.5, 0.6) is 0 Å². The van der Waals surface area contributed by atoms with Crippen LogP contribution >= 0.6 is 0 Å². The molecule has 9 nitrogen and oxygen atoms in total. The number of amides is 1. The van der Waals surface area contributed by atoms with Gasteiger partial charge in [0.05, 0.1) is 12.2 Å². The number of ether oxygens (including phenoxy) is 1. The van der Waals surface area contributed by atoms with Gasteiger partial charge in [-0.05, 0) is 37.5 Å². The second-order valence-electron chi connectivity index (χ2n) is 7.57. The first kappa shape index (κ1) is 21.4. The van der Waals surface area contributed by atoms with E-state index in [1.54, 1.807) is 0 Å². The molecule has 0 spiro atoms. The van der Waals surface area contributed by atoms with E-state index in [1.165, 1.54) is 25.3 Å². The molecule has 1 amide bonds. The highest BCUT2D eigenvalue weighted by atomic mass is 32.2. The number of sulfonamides is 1. The van der Waals surface area contributed by atoms with Gasteiger partial charge >= 0.3 is 0 Å². The van der Waals surface area contributed by atoms with Crippen molar-refractivity contribution in [3.63, 3.8) is 0 Å². The summed E-state index contributed by atoms with van der Waals surface area (Å²) >= 11 is 0. The first-order valence-electron chi connectivity index (χ1n) is 9.62. The number of hydrogen-bond acceptors (Lipinski definition) is 6. The van der Waals surface area contributed by atoms with Gasteiger partial charge in [0.2, 0.25) is 11.4 Å². The molecular weight excluding hydrogens is 432 g/mol. The fourth-order valence-corrected chi connectivity index (χ4v) is 5.72. The SMILES string of the molecule is CN1C(=N)N[C@@]2(C3=CC(NC(=O)c4ccc(F)cn4)CC=C3F)CCCOC2S1(=O)=O. The molecule has 0 aromatic carbocycles. The summed E-state index contributed by atoms with van der Waals surface area (Å²) in [5, 5.41) is 13.6. The average Bonchev–Trinajstić information content (AvgIpc) is 2.74. The maximum Gasteiger partial charge on any atom is 0.270 e. The van der Waals surface area contributed by atoms with Crippen LogP contribution in [0.2, 0.25) is 0 Å². The molecule has 4 rings (SSSR count). The Hall–Kier alpha value is -2.86. The number of guanidine groups is 1. The van der Waals surface area contributed by atoms with E-state index < -0.39 is 50.6 Å². The van der Waals surface area contributed by atoms with Gasteiger partial charge in [-0.15, -0.1) is 0 Å². The third-order valence-corrected chi connectivity index (χ3v) is 7.65. The Morgan fingerprint density at radius 3 is 2.90 bits per heavy atom. The molecule has 3 N–H and O–H groups in total. The van der Waals surface area contributed by atoms with Crippen molar-refractivity contribution in [2.24, 2.45) is 0 Å². The summed E-state index contributed by atoms with van der Waals surface area (Å²) in [6.45, 7) is 0.184. The summed E-state index contributed by atoms with van der Waals surface area (Å²) in [5.41, 5.74) is -2.92. The molecule has 1 aromatic rings. The van der Waals surface area contributed by atoms with Crippen molar-refractivity contribution in [3.05, 3.63) is 53.4 Å². The highest BCUT2D eigenvalue weighted by Crippen LogP contribution is 2.43. The third kappa shape index (κ3) is 3.59. The maximum atomic E-state index is 15.0. The number of fused-ring (bicyclic) bond motifs is 1. The molecule has 3 aliphatic rings. The van der Waals surface area contributed by atoms with Crippen LogP contribution < -0.4 is 10.6 Å². The predicted molar refractivity (Wildman–Crippen MR) is 107 cm³/mol. The normalized spacial score (nSPS) is 29.9. The van der Waals surface area contributed by atoms with Crippen LogP contribution in [-0.4, -0.2) is 60.2 Å². The number of nitrogens with zero attached hydrogens (tertiary/aromatic N) is 2. The number of rotatable bonds is 3. The number of halogens is 2. The lowest BCUT2D eigenvalue weighted by Gasteiger charge is -2.51. The molecule has 1 aliphatic carbocycles. The van der Waals surface area contributed by atoms with E-state index in [-0.39, 0.29) is 30.7 Å². The van der Waals surface area contributed by atoms with E-state index >= 15 is 4.39 Å². The molecule has 2 fully saturated rings. The Morgan fingerprint density at radius 2 is 2.19 bits per heavy atom. The summed E-state index contributed by atoms with van der Waals surface area (Å²) in [7, 11) is -2.84. The van der Waals surface area contributed by atoms with Gasteiger partial charge in [0, 0.05) is 19.2 Å². The molecule has 0 saturated carbocycles. The van der Waals surface area contributed by atoms with E-state index in [0.717, 1.165) is 16.6 Å². The van der Waals surface area contributed by atoms with E-state index in [2.05, 4.69) is 15.6 Å². The third-order valence-electron chi connectivity index (χ3n) is 5.63. The second kappa shape index (κ2) is 7.68. The van der Waals surface area contributed by atoms with Crippen molar-refractivity contribution >= 4 is 21.9 Å². The van der Waals surface area contributed by atoms with Gasteiger partial charge in [-0.2, -0.15) is 0 Å². The van der Waals surface area contributed by atoms with Crippen molar-refractivity contribution in [2.75, 3.05) is 13.7 Å². The molecule has 2 unspecified atom stereocenters. The molecule has 31 heavy (non-hydrogen) atoms. The number of carbonyl (C=O) groups excluding carboxylic acids is 1. The summed E-state index contributed by atoms with van der Waals surface area (Å²) in [6, 6.07) is 1.67. The summed E-state index contributed by atoms with van der Waals surface area (Å²) in [5.74, 6) is -2.19. The quantitative estimate of drug-likeness (QED) is 0.631. The molecule has 3 heterocycles. The fraction of sp³-hybridized carbons (Fsp3) is 0.421. The molecule has 12 heteroatoms. The lowest BCUT2D eigenvalue weighted by atomic mass is 9.80. The Balaban J connectivity index is 1.68. The molecule has 2 aliphatic heterocycles. The average molecular weight is 453 g/mol. The van der Waals surface area contributed by atoms with E-state index in [9.17, 15) is 17.6 Å². The monoisotopic (exact) mass is 453 g/mol. The highest BCUT2D eigenvalue weighted by molar-refractivity contribution is 7.90. The number of hydrogen-bond donors (Lipinski definition) is 3. The number of carbonyl (C=O) groups is 1. The topological polar surface area (TPSA) is 124 Å². The molecule has 1 aromatic heterocycles. The first-order chi connectivity index (χ1) is 14.6. The number of nitrogens with one attached hydrogen (secondary N) is 3. The van der Waals surface area contributed by atoms with Gasteiger partial charge in [-0.25, -0.2) is 26.5 Å². The zero-order chi connectivity index (χ0) is 22.4. The Morgan fingerprint density at radius 1 is 1.42 bits per heavy atom. The molecular formula is C19H21F2N5O4S. The molecule has 0 bridgehead atoms. The van der Waals surface area contributed by atoms with Crippen LogP contribution in [0.4, 0.5) is 8.78 Å². The van der Waals surface area contributed by atoms with Crippen LogP contribution in [0, 0.1) is 11.2 Å². The molecule has 3 atom stereocenters. The minimum absolute atomic E-state index is 0.00909. The number of aromatic nitrogens is 1. The largest absolute Gasteiger partial charge is 0.358 e. The first-order valence-corrected chi connectivity index (χ1v) is 11.1. The number of pyridine rings is 1. The standard InChI is InChI=1S/C19H21F2N5O4S/c1-26-18(22)25-19(7-2-8-30-17(19)31(26,28)29)13-9-12(4-5-14(13)21)24-16(27)15-6-3-11(20)10-23-15/h3,5-6,9-10,12,17H,2,4,7-8H2,1H3,(H2,22,25)(H,24,27)/t12?,17?,19-/m1/s1. The zero-order valence-corrected chi connectivity index (χ0v) is 17.4. The summed E-state index contributed by atoms with van der Waals surface area (Å²) in [6.07, 6.45) is 4.43. The van der Waals surface area contributed by atoms with Crippen molar-refractivity contribution in [3.8, 4) is 0 Å². The van der Waals surface area contributed by atoms with E-state index in [0.29, 0.717) is 6.42 Å². The van der Waals surface area contributed by atoms with Gasteiger partial charge in [0.25, 0.3) is 15.9 Å². The van der Waals surface area contributed by atoms with Gasteiger partial charge < -0.3 is 15.4 Å². The highest BCUT2D eigenvalue weighted by Gasteiger charge is 2.58. The molecule has 2 saturated heterocycles. The Kier molecular flexibility index (Phi) is 5.30. The Bertz CT molecular complexity index is 1090. The molecule has 0 radical (unpaired) electrons. The van der Waals surface area contributed by atoms with E-state index in [4.69, 9.17) is 10.1 Å². The van der Waals surface area contributed by atoms with Crippen molar-refractivity contribution < 1.29 is 26.7 Å². The predicted octanol–water partition coefficient (Wildman–Crippen LogP) is 1.18. The lowest BCUT2D eigenvalue weighted by Crippen LogP contribution is -2.72. The van der Waals surface area contributed by atoms with Crippen LogP contribution in [-0.2, 0) is 14.8 Å². The van der Waals surface area contributed by atoms with Gasteiger partial charge in [-0.3, -0.25) is 10.2 Å². The van der Waals surface area contributed by atoms with Crippen LogP contribution in [0.15, 0.2) is 41.9 Å². The van der Waals surface area contributed by atoms with Crippen molar-refractivity contribution in [2.45, 2.75) is 36.3 Å². The fourth-order valence-electron chi connectivity index (χ4n) is 4.06. The Labute approximate surface area is 177 Å². The van der Waals surface area contributed by atoms with Crippen LogP contribution in [0.25, 0.3) is 0 Å². The maximum absolute atomic E-state index is 15.0. The van der Waals surface area contributed by atoms with Crippen LogP contribution in [0.3, 0.4) is 0 Å². The van der Waals surface area contributed by atoms with Gasteiger partial charge in [0.15, 0.2) is 0 Å². The second-order valence-corrected chi connectivity index (χ2v) is 9.58. The van der Waals surface area contributed by atoms with Crippen molar-refractivity contribution in [1.29, 1.82) is 5.41 Å². The zero-order valence-electron chi connectivity index (χ0n) is 16.6. The summed E-state index contributed by atoms with van der Waals surface area (Å²) in [4.78, 5) is 16.2. The lowest BCUT2D eigenvalue weighted by molar-refractivity contribution is 0.00619.